The number of ketones is 1. The first-order valence-electron chi connectivity index (χ1n) is 5.37. The van der Waals surface area contributed by atoms with Gasteiger partial charge in [-0.3, -0.25) is 4.79 Å². The van der Waals surface area contributed by atoms with Gasteiger partial charge >= 0.3 is 0 Å². The molecule has 5 heteroatoms. The molecule has 0 aromatic rings. The molecule has 90 valence electrons. The molecule has 2 N–H and O–H groups in total. The number of hydrogen-bond donors (Lipinski definition) is 1. The summed E-state index contributed by atoms with van der Waals surface area (Å²) in [4.78, 5) is 11.4. The summed E-state index contributed by atoms with van der Waals surface area (Å²) in [5.74, 6) is 0.281. The standard InChI is InChI=1S/C10H21NO3S/c1-3-9(8-11)7-10(12)5-6-15(13,14)4-2/h9H,3-8,11H2,1-2H3. The molecular weight excluding hydrogens is 214 g/mol. The lowest BCUT2D eigenvalue weighted by Gasteiger charge is -2.10. The van der Waals surface area contributed by atoms with Crippen LogP contribution in [0.1, 0.15) is 33.1 Å². The van der Waals surface area contributed by atoms with E-state index in [2.05, 4.69) is 0 Å². The van der Waals surface area contributed by atoms with E-state index in [-0.39, 0.29) is 29.6 Å². The zero-order valence-corrected chi connectivity index (χ0v) is 10.3. The Hall–Kier alpha value is -0.420. The molecule has 0 saturated heterocycles. The van der Waals surface area contributed by atoms with Crippen molar-refractivity contribution >= 4 is 15.6 Å². The minimum atomic E-state index is -3.02. The average Bonchev–Trinajstić information content (AvgIpc) is 2.23. The summed E-state index contributed by atoms with van der Waals surface area (Å²) in [7, 11) is -3.02. The molecular formula is C10H21NO3S. The Labute approximate surface area is 92.2 Å². The van der Waals surface area contributed by atoms with Gasteiger partial charge in [0.2, 0.25) is 0 Å². The highest BCUT2D eigenvalue weighted by molar-refractivity contribution is 7.91. The van der Waals surface area contributed by atoms with E-state index in [0.29, 0.717) is 13.0 Å². The van der Waals surface area contributed by atoms with Gasteiger partial charge in [-0.05, 0) is 12.5 Å². The van der Waals surface area contributed by atoms with Gasteiger partial charge < -0.3 is 5.73 Å². The summed E-state index contributed by atoms with van der Waals surface area (Å²) in [6.45, 7) is 4.06. The first-order valence-corrected chi connectivity index (χ1v) is 7.19. The smallest absolute Gasteiger partial charge is 0.150 e. The number of hydrogen-bond acceptors (Lipinski definition) is 4. The van der Waals surface area contributed by atoms with Crippen LogP contribution < -0.4 is 5.73 Å². The maximum atomic E-state index is 11.4. The number of carbonyl (C=O) groups is 1. The minimum absolute atomic E-state index is 0.00400. The molecule has 0 fully saturated rings. The van der Waals surface area contributed by atoms with E-state index >= 15 is 0 Å². The Morgan fingerprint density at radius 1 is 1.33 bits per heavy atom. The topological polar surface area (TPSA) is 77.2 Å². The van der Waals surface area contributed by atoms with Gasteiger partial charge in [0.25, 0.3) is 0 Å². The van der Waals surface area contributed by atoms with Gasteiger partial charge in [0.15, 0.2) is 0 Å². The van der Waals surface area contributed by atoms with Gasteiger partial charge in [-0.1, -0.05) is 20.3 Å². The van der Waals surface area contributed by atoms with Crippen molar-refractivity contribution in [3.8, 4) is 0 Å². The lowest BCUT2D eigenvalue weighted by atomic mass is 9.99. The van der Waals surface area contributed by atoms with Crippen molar-refractivity contribution in [1.29, 1.82) is 0 Å². The number of Topliss-reactive ketones (excluding diaryl/α,β-unsaturated/α-hetero) is 1. The van der Waals surface area contributed by atoms with Crippen LogP contribution in [-0.2, 0) is 14.6 Å². The molecule has 4 nitrogen and oxygen atoms in total. The zero-order chi connectivity index (χ0) is 11.9. The quantitative estimate of drug-likeness (QED) is 0.673. The summed E-state index contributed by atoms with van der Waals surface area (Å²) >= 11 is 0. The number of carbonyl (C=O) groups excluding carboxylic acids is 1. The summed E-state index contributed by atoms with van der Waals surface area (Å²) in [5.41, 5.74) is 5.47. The predicted molar refractivity (Wildman–Crippen MR) is 61.4 cm³/mol. The summed E-state index contributed by atoms with van der Waals surface area (Å²) in [6.07, 6.45) is 1.40. The first kappa shape index (κ1) is 14.6. The lowest BCUT2D eigenvalue weighted by molar-refractivity contribution is -0.119. The number of nitrogens with two attached hydrogens (primary N) is 1. The van der Waals surface area contributed by atoms with Crippen molar-refractivity contribution in [1.82, 2.24) is 0 Å². The largest absolute Gasteiger partial charge is 0.330 e. The minimum Gasteiger partial charge on any atom is -0.330 e. The molecule has 0 bridgehead atoms. The van der Waals surface area contributed by atoms with Crippen LogP contribution in [0.25, 0.3) is 0 Å². The summed E-state index contributed by atoms with van der Waals surface area (Å²) in [6, 6.07) is 0. The molecule has 0 aromatic carbocycles. The van der Waals surface area contributed by atoms with Crippen molar-refractivity contribution in [2.45, 2.75) is 33.1 Å². The van der Waals surface area contributed by atoms with Crippen molar-refractivity contribution in [2.75, 3.05) is 18.1 Å². The van der Waals surface area contributed by atoms with Crippen LogP contribution in [0.5, 0.6) is 0 Å². The fraction of sp³-hybridized carbons (Fsp3) is 0.900. The number of sulfone groups is 1. The van der Waals surface area contributed by atoms with E-state index in [1.54, 1.807) is 6.92 Å². The van der Waals surface area contributed by atoms with Crippen LogP contribution >= 0.6 is 0 Å². The molecule has 0 amide bonds. The van der Waals surface area contributed by atoms with Crippen LogP contribution in [-0.4, -0.2) is 32.3 Å². The zero-order valence-electron chi connectivity index (χ0n) is 9.53. The summed E-state index contributed by atoms with van der Waals surface area (Å²) in [5, 5.41) is 0. The molecule has 0 heterocycles. The molecule has 1 atom stereocenters. The van der Waals surface area contributed by atoms with Gasteiger partial charge in [-0.15, -0.1) is 0 Å². The van der Waals surface area contributed by atoms with Crippen molar-refractivity contribution in [3.05, 3.63) is 0 Å². The van der Waals surface area contributed by atoms with Gasteiger partial charge in [-0.2, -0.15) is 0 Å². The molecule has 0 radical (unpaired) electrons. The third-order valence-electron chi connectivity index (χ3n) is 2.56. The second kappa shape index (κ2) is 6.95. The number of rotatable bonds is 8. The van der Waals surface area contributed by atoms with Crippen molar-refractivity contribution < 1.29 is 13.2 Å². The normalized spacial score (nSPS) is 13.8. The Morgan fingerprint density at radius 3 is 2.33 bits per heavy atom. The third-order valence-corrected chi connectivity index (χ3v) is 4.26. The van der Waals surface area contributed by atoms with Crippen molar-refractivity contribution in [3.63, 3.8) is 0 Å². The second-order valence-corrected chi connectivity index (χ2v) is 6.21. The molecule has 0 saturated carbocycles. The molecule has 0 spiro atoms. The van der Waals surface area contributed by atoms with Crippen LogP contribution in [0, 0.1) is 5.92 Å². The molecule has 15 heavy (non-hydrogen) atoms. The van der Waals surface area contributed by atoms with E-state index < -0.39 is 9.84 Å². The van der Waals surface area contributed by atoms with Crippen molar-refractivity contribution in [2.24, 2.45) is 11.7 Å². The van der Waals surface area contributed by atoms with E-state index in [0.717, 1.165) is 6.42 Å². The van der Waals surface area contributed by atoms with Crippen LogP contribution in [0.3, 0.4) is 0 Å². The average molecular weight is 235 g/mol. The van der Waals surface area contributed by atoms with Gasteiger partial charge in [0.05, 0.1) is 5.75 Å². The molecule has 0 rings (SSSR count). The first-order chi connectivity index (χ1) is 6.95. The molecule has 0 aliphatic rings. The Kier molecular flexibility index (Phi) is 6.76. The second-order valence-electron chi connectivity index (χ2n) is 3.74. The molecule has 0 aromatic heterocycles. The predicted octanol–water partition coefficient (Wildman–Crippen LogP) is 0.755. The van der Waals surface area contributed by atoms with E-state index in [1.165, 1.54) is 0 Å². The van der Waals surface area contributed by atoms with Gasteiger partial charge in [0, 0.05) is 18.6 Å². The van der Waals surface area contributed by atoms with Gasteiger partial charge in [0.1, 0.15) is 15.6 Å². The fourth-order valence-corrected chi connectivity index (χ4v) is 2.06. The van der Waals surface area contributed by atoms with Gasteiger partial charge in [-0.25, -0.2) is 8.42 Å². The van der Waals surface area contributed by atoms with E-state index in [4.69, 9.17) is 5.73 Å². The third kappa shape index (κ3) is 6.62. The lowest BCUT2D eigenvalue weighted by Crippen LogP contribution is -2.19. The Bertz CT molecular complexity index is 281. The molecule has 1 unspecified atom stereocenters. The van der Waals surface area contributed by atoms with E-state index in [1.807, 2.05) is 6.92 Å². The molecule has 0 aliphatic carbocycles. The van der Waals surface area contributed by atoms with E-state index in [9.17, 15) is 13.2 Å². The van der Waals surface area contributed by atoms with Crippen LogP contribution in [0.4, 0.5) is 0 Å². The Morgan fingerprint density at radius 2 is 1.93 bits per heavy atom. The summed E-state index contributed by atoms with van der Waals surface area (Å²) < 4.78 is 22.3. The molecule has 0 aliphatic heterocycles. The highest BCUT2D eigenvalue weighted by Crippen LogP contribution is 2.08. The fourth-order valence-electron chi connectivity index (χ4n) is 1.23. The maximum absolute atomic E-state index is 11.4. The van der Waals surface area contributed by atoms with Crippen LogP contribution in [0.15, 0.2) is 0 Å². The van der Waals surface area contributed by atoms with Crippen LogP contribution in [0.2, 0.25) is 0 Å². The SMILES string of the molecule is CCC(CN)CC(=O)CCS(=O)(=O)CC. The highest BCUT2D eigenvalue weighted by Gasteiger charge is 2.14. The maximum Gasteiger partial charge on any atom is 0.150 e. The Balaban J connectivity index is 3.95. The highest BCUT2D eigenvalue weighted by atomic mass is 32.2. The monoisotopic (exact) mass is 235 g/mol.